The summed E-state index contributed by atoms with van der Waals surface area (Å²) in [4.78, 5) is 2.43. The molecule has 3 aromatic carbocycles. The molecule has 5 rings (SSSR count). The molecule has 2 heteroatoms. The summed E-state index contributed by atoms with van der Waals surface area (Å²) in [5.41, 5.74) is 9.72. The van der Waals surface area contributed by atoms with Crippen molar-refractivity contribution in [3.05, 3.63) is 83.4 Å². The highest BCUT2D eigenvalue weighted by Crippen LogP contribution is 2.56. The molecule has 1 fully saturated rings. The molecule has 1 aliphatic heterocycles. The molecule has 2 atom stereocenters. The molecule has 0 radical (unpaired) electrons. The summed E-state index contributed by atoms with van der Waals surface area (Å²) in [6.07, 6.45) is 5.10. The molecule has 2 aliphatic rings. The molecule has 0 bridgehead atoms. The number of hydrogen-bond acceptors (Lipinski definition) is 2. The number of anilines is 4. The van der Waals surface area contributed by atoms with E-state index in [4.69, 9.17) is 0 Å². The van der Waals surface area contributed by atoms with Crippen molar-refractivity contribution < 1.29 is 0 Å². The van der Waals surface area contributed by atoms with Crippen molar-refractivity contribution in [2.75, 3.05) is 10.2 Å². The van der Waals surface area contributed by atoms with Gasteiger partial charge >= 0.3 is 0 Å². The highest BCUT2D eigenvalue weighted by atomic mass is 15.1. The van der Waals surface area contributed by atoms with Gasteiger partial charge in [-0.25, -0.2) is 0 Å². The quantitative estimate of drug-likeness (QED) is 0.401. The Hall–Kier alpha value is -2.74. The fourth-order valence-electron chi connectivity index (χ4n) is 6.34. The van der Waals surface area contributed by atoms with Gasteiger partial charge in [0.05, 0.1) is 0 Å². The van der Waals surface area contributed by atoms with Gasteiger partial charge in [-0.15, -0.1) is 0 Å². The Morgan fingerprint density at radius 3 is 1.61 bits per heavy atom. The molecule has 1 heterocycles. The van der Waals surface area contributed by atoms with Crippen LogP contribution in [0.5, 0.6) is 0 Å². The van der Waals surface area contributed by atoms with E-state index in [1.807, 2.05) is 0 Å². The van der Waals surface area contributed by atoms with Gasteiger partial charge in [-0.2, -0.15) is 0 Å². The monoisotopic (exact) mass is 480 g/mol. The van der Waals surface area contributed by atoms with E-state index in [2.05, 4.69) is 132 Å². The van der Waals surface area contributed by atoms with E-state index in [-0.39, 0.29) is 21.8 Å². The summed E-state index contributed by atoms with van der Waals surface area (Å²) in [5, 5.41) is 3.93. The third kappa shape index (κ3) is 4.13. The number of rotatable bonds is 3. The van der Waals surface area contributed by atoms with E-state index in [0.717, 1.165) is 0 Å². The molecular formula is C34H44N2. The van der Waals surface area contributed by atoms with Crippen LogP contribution in [-0.2, 0) is 16.2 Å². The normalized spacial score (nSPS) is 23.6. The summed E-state index contributed by atoms with van der Waals surface area (Å²) in [6, 6.07) is 25.4. The maximum Gasteiger partial charge on any atom is 0.0466 e. The predicted octanol–water partition coefficient (Wildman–Crippen LogP) is 9.77. The maximum atomic E-state index is 3.93. The number of nitrogens with one attached hydrogen (secondary N) is 1. The third-order valence-electron chi connectivity index (χ3n) is 9.07. The predicted molar refractivity (Wildman–Crippen MR) is 156 cm³/mol. The lowest BCUT2D eigenvalue weighted by atomic mass is 9.62. The Morgan fingerprint density at radius 2 is 1.11 bits per heavy atom. The smallest absolute Gasteiger partial charge is 0.0466 e. The van der Waals surface area contributed by atoms with Gasteiger partial charge in [0.1, 0.15) is 0 Å². The van der Waals surface area contributed by atoms with Gasteiger partial charge in [-0.3, -0.25) is 0 Å². The molecule has 0 spiro atoms. The molecule has 36 heavy (non-hydrogen) atoms. The number of nitrogens with zero attached hydrogens (tertiary/aromatic N) is 1. The summed E-state index contributed by atoms with van der Waals surface area (Å²) in [6.45, 7) is 18.6. The molecule has 3 aromatic rings. The second kappa shape index (κ2) is 8.40. The second-order valence-electron chi connectivity index (χ2n) is 13.7. The van der Waals surface area contributed by atoms with Crippen LogP contribution in [0.1, 0.15) is 97.8 Å². The van der Waals surface area contributed by atoms with Crippen LogP contribution in [0.15, 0.2) is 66.7 Å². The van der Waals surface area contributed by atoms with Crippen molar-refractivity contribution in [3.63, 3.8) is 0 Å². The van der Waals surface area contributed by atoms with Gasteiger partial charge < -0.3 is 10.2 Å². The Morgan fingerprint density at radius 1 is 0.639 bits per heavy atom. The number of fused-ring (bicyclic) bond motifs is 3. The Kier molecular flexibility index (Phi) is 5.82. The molecule has 1 saturated carbocycles. The molecule has 190 valence electrons. The van der Waals surface area contributed by atoms with Crippen LogP contribution < -0.4 is 10.2 Å². The molecule has 2 unspecified atom stereocenters. The minimum absolute atomic E-state index is 0.136. The number of benzene rings is 3. The first-order valence-electron chi connectivity index (χ1n) is 13.8. The van der Waals surface area contributed by atoms with Crippen molar-refractivity contribution in [2.24, 2.45) is 0 Å². The number of hydrogen-bond donors (Lipinski definition) is 1. The van der Waals surface area contributed by atoms with Gasteiger partial charge in [-0.1, -0.05) is 85.6 Å². The van der Waals surface area contributed by atoms with Gasteiger partial charge in [0.15, 0.2) is 0 Å². The van der Waals surface area contributed by atoms with Gasteiger partial charge in [0.25, 0.3) is 0 Å². The van der Waals surface area contributed by atoms with Crippen LogP contribution in [0.4, 0.5) is 22.7 Å². The van der Waals surface area contributed by atoms with Crippen LogP contribution >= 0.6 is 0 Å². The van der Waals surface area contributed by atoms with Crippen LogP contribution in [0, 0.1) is 0 Å². The van der Waals surface area contributed by atoms with E-state index < -0.39 is 0 Å². The van der Waals surface area contributed by atoms with E-state index >= 15 is 0 Å². The topological polar surface area (TPSA) is 15.3 Å². The maximum absolute atomic E-state index is 3.93. The van der Waals surface area contributed by atoms with Crippen molar-refractivity contribution in [2.45, 2.75) is 103 Å². The largest absolute Gasteiger partial charge is 0.379 e. The Bertz CT molecular complexity index is 1180. The highest BCUT2D eigenvalue weighted by molar-refractivity contribution is 5.80. The molecular weight excluding hydrogens is 436 g/mol. The third-order valence-corrected chi connectivity index (χ3v) is 9.07. The van der Waals surface area contributed by atoms with E-state index in [1.165, 1.54) is 65.1 Å². The van der Waals surface area contributed by atoms with Crippen LogP contribution in [0.3, 0.4) is 0 Å². The van der Waals surface area contributed by atoms with Gasteiger partial charge in [0, 0.05) is 33.7 Å². The highest BCUT2D eigenvalue weighted by Gasteiger charge is 2.52. The van der Waals surface area contributed by atoms with Gasteiger partial charge in [0.2, 0.25) is 0 Å². The second-order valence-corrected chi connectivity index (χ2v) is 13.7. The Balaban J connectivity index is 1.62. The lowest BCUT2D eigenvalue weighted by Crippen LogP contribution is -2.50. The van der Waals surface area contributed by atoms with Gasteiger partial charge in [-0.05, 0) is 89.8 Å². The molecule has 2 nitrogen and oxygen atoms in total. The fraction of sp³-hybridized carbons (Fsp3) is 0.471. The van der Waals surface area contributed by atoms with E-state index in [1.54, 1.807) is 0 Å². The lowest BCUT2D eigenvalue weighted by Gasteiger charge is -2.45. The lowest BCUT2D eigenvalue weighted by molar-refractivity contribution is 0.214. The summed E-state index contributed by atoms with van der Waals surface area (Å²) < 4.78 is 0. The molecule has 0 amide bonds. The van der Waals surface area contributed by atoms with Crippen LogP contribution in [0.25, 0.3) is 0 Å². The van der Waals surface area contributed by atoms with Crippen molar-refractivity contribution in [3.8, 4) is 0 Å². The SMILES string of the molecule is CC(C)(C)c1ccc(N(c2ccc(C(C)(C)C)cc2)c2ccc3c(c2)C2(C)CCCCC2(C)N3)cc1. The fourth-order valence-corrected chi connectivity index (χ4v) is 6.34. The average molecular weight is 481 g/mol. The summed E-state index contributed by atoms with van der Waals surface area (Å²) in [7, 11) is 0. The molecule has 1 N–H and O–H groups in total. The zero-order valence-corrected chi connectivity index (χ0v) is 23.6. The van der Waals surface area contributed by atoms with E-state index in [0.29, 0.717) is 0 Å². The molecule has 0 aromatic heterocycles. The van der Waals surface area contributed by atoms with Crippen molar-refractivity contribution >= 4 is 22.7 Å². The van der Waals surface area contributed by atoms with Crippen molar-refractivity contribution in [1.29, 1.82) is 0 Å². The molecule has 0 saturated heterocycles. The van der Waals surface area contributed by atoms with Crippen molar-refractivity contribution in [1.82, 2.24) is 0 Å². The first kappa shape index (κ1) is 24.9. The van der Waals surface area contributed by atoms with Crippen LogP contribution in [0.2, 0.25) is 0 Å². The zero-order chi connectivity index (χ0) is 25.9. The molecule has 1 aliphatic carbocycles. The Labute approximate surface area is 219 Å². The first-order valence-corrected chi connectivity index (χ1v) is 13.8. The standard InChI is InChI=1S/C34H44N2/c1-31(2,3)24-11-15-26(16-12-24)36(27-17-13-25(14-18-27)32(4,5)6)28-19-20-30-29(23-28)33(7)21-9-10-22-34(33,8)35-30/h11-20,23,35H,9-10,21-22H2,1-8H3. The minimum atomic E-state index is 0.136. The van der Waals surface area contributed by atoms with Crippen LogP contribution in [-0.4, -0.2) is 5.54 Å². The summed E-state index contributed by atoms with van der Waals surface area (Å²) >= 11 is 0. The van der Waals surface area contributed by atoms with E-state index in [9.17, 15) is 0 Å². The average Bonchev–Trinajstić information content (AvgIpc) is 3.05. The zero-order valence-electron chi connectivity index (χ0n) is 23.6. The summed E-state index contributed by atoms with van der Waals surface area (Å²) in [5.74, 6) is 0. The first-order chi connectivity index (χ1) is 16.8. The minimum Gasteiger partial charge on any atom is -0.379 e.